The third kappa shape index (κ3) is 2.29. The monoisotopic (exact) mass is 264 g/mol. The molecule has 0 aliphatic carbocycles. The molecule has 5 nitrogen and oxygen atoms in total. The number of nitrogens with two attached hydrogens (primary N) is 1. The zero-order valence-electron chi connectivity index (χ0n) is 10.6. The normalized spacial score (nSPS) is 10.4. The fourth-order valence-corrected chi connectivity index (χ4v) is 2.02. The highest BCUT2D eigenvalue weighted by atomic mass is 16.1. The molecule has 0 aliphatic heterocycles. The molecule has 20 heavy (non-hydrogen) atoms. The number of nitrogens with one attached hydrogen (secondary N) is 1. The average Bonchev–Trinajstić information content (AvgIpc) is 3.02. The number of carbonyl (C=O) groups is 1. The highest BCUT2D eigenvalue weighted by molar-refractivity contribution is 5.93. The topological polar surface area (TPSA) is 84.7 Å². The molecule has 98 valence electrons. The van der Waals surface area contributed by atoms with Crippen LogP contribution in [0.5, 0.6) is 0 Å². The summed E-state index contributed by atoms with van der Waals surface area (Å²) in [5, 5.41) is 6.86. The second kappa shape index (κ2) is 4.97. The average molecular weight is 264 g/mol. The van der Waals surface area contributed by atoms with E-state index in [1.165, 1.54) is 6.20 Å². The lowest BCUT2D eigenvalue weighted by molar-refractivity contribution is 0.1000. The maximum atomic E-state index is 11.2. The van der Waals surface area contributed by atoms with Gasteiger partial charge >= 0.3 is 0 Å². The Morgan fingerprint density at radius 1 is 1.05 bits per heavy atom. The highest BCUT2D eigenvalue weighted by Gasteiger charge is 2.06. The van der Waals surface area contributed by atoms with Gasteiger partial charge < -0.3 is 5.73 Å². The molecule has 0 spiro atoms. The third-order valence-corrected chi connectivity index (χ3v) is 3.03. The van der Waals surface area contributed by atoms with Crippen LogP contribution in [0.4, 0.5) is 0 Å². The van der Waals surface area contributed by atoms with Gasteiger partial charge in [-0.1, -0.05) is 18.2 Å². The number of hydrogen-bond donors (Lipinski definition) is 2. The van der Waals surface area contributed by atoms with Gasteiger partial charge in [0.15, 0.2) is 0 Å². The Kier molecular flexibility index (Phi) is 3.01. The second-order valence-corrected chi connectivity index (χ2v) is 4.38. The molecule has 0 unspecified atom stereocenters. The molecule has 5 heteroatoms. The number of H-pyrrole nitrogens is 1. The van der Waals surface area contributed by atoms with Crippen molar-refractivity contribution in [3.63, 3.8) is 0 Å². The predicted molar refractivity (Wildman–Crippen MR) is 75.8 cm³/mol. The van der Waals surface area contributed by atoms with E-state index < -0.39 is 5.91 Å². The van der Waals surface area contributed by atoms with Crippen LogP contribution in [-0.2, 0) is 0 Å². The van der Waals surface area contributed by atoms with Gasteiger partial charge in [-0.3, -0.25) is 14.9 Å². The van der Waals surface area contributed by atoms with Crippen LogP contribution in [0.15, 0.2) is 55.0 Å². The van der Waals surface area contributed by atoms with Gasteiger partial charge in [-0.25, -0.2) is 0 Å². The first-order valence-corrected chi connectivity index (χ1v) is 6.09. The van der Waals surface area contributed by atoms with Crippen molar-refractivity contribution in [2.75, 3.05) is 0 Å². The van der Waals surface area contributed by atoms with E-state index in [-0.39, 0.29) is 0 Å². The molecule has 0 saturated heterocycles. The number of carbonyl (C=O) groups excluding carboxylic acids is 1. The summed E-state index contributed by atoms with van der Waals surface area (Å²) in [6, 6.07) is 11.5. The van der Waals surface area contributed by atoms with E-state index in [9.17, 15) is 4.79 Å². The number of benzene rings is 1. The molecule has 0 saturated carbocycles. The van der Waals surface area contributed by atoms with Gasteiger partial charge in [0.2, 0.25) is 5.91 Å². The quantitative estimate of drug-likeness (QED) is 0.760. The van der Waals surface area contributed by atoms with Gasteiger partial charge in [-0.05, 0) is 23.8 Å². The van der Waals surface area contributed by atoms with Gasteiger partial charge in [0.05, 0.1) is 11.3 Å². The van der Waals surface area contributed by atoms with E-state index in [4.69, 9.17) is 5.73 Å². The summed E-state index contributed by atoms with van der Waals surface area (Å²) in [5.41, 5.74) is 9.44. The minimum Gasteiger partial charge on any atom is -0.366 e. The minimum absolute atomic E-state index is 0.398. The summed E-state index contributed by atoms with van der Waals surface area (Å²) in [7, 11) is 0. The van der Waals surface area contributed by atoms with Crippen molar-refractivity contribution >= 4 is 5.91 Å². The summed E-state index contributed by atoms with van der Waals surface area (Å²) in [5.74, 6) is -0.482. The van der Waals surface area contributed by atoms with Crippen molar-refractivity contribution in [3.8, 4) is 22.4 Å². The van der Waals surface area contributed by atoms with Gasteiger partial charge in [0, 0.05) is 29.7 Å². The van der Waals surface area contributed by atoms with E-state index in [2.05, 4.69) is 15.2 Å². The van der Waals surface area contributed by atoms with E-state index >= 15 is 0 Å². The van der Waals surface area contributed by atoms with E-state index in [1.54, 1.807) is 18.5 Å². The molecule has 0 aliphatic rings. The van der Waals surface area contributed by atoms with Crippen molar-refractivity contribution in [3.05, 3.63) is 60.6 Å². The summed E-state index contributed by atoms with van der Waals surface area (Å²) < 4.78 is 0. The number of hydrogen-bond acceptors (Lipinski definition) is 3. The molecule has 0 radical (unpaired) electrons. The molecule has 3 aromatic rings. The van der Waals surface area contributed by atoms with Crippen LogP contribution in [0.1, 0.15) is 10.4 Å². The second-order valence-electron chi connectivity index (χ2n) is 4.38. The van der Waals surface area contributed by atoms with Crippen molar-refractivity contribution in [1.82, 2.24) is 15.2 Å². The zero-order chi connectivity index (χ0) is 13.9. The number of pyridine rings is 1. The first-order chi connectivity index (χ1) is 9.74. The Morgan fingerprint density at radius 2 is 1.90 bits per heavy atom. The van der Waals surface area contributed by atoms with Gasteiger partial charge in [0.1, 0.15) is 0 Å². The molecule has 0 fully saturated rings. The third-order valence-electron chi connectivity index (χ3n) is 3.03. The summed E-state index contributed by atoms with van der Waals surface area (Å²) in [4.78, 5) is 15.3. The maximum Gasteiger partial charge on any atom is 0.250 e. The Balaban J connectivity index is 2.04. The first kappa shape index (κ1) is 12.1. The number of aromatic amines is 1. The molecule has 1 amide bonds. The summed E-state index contributed by atoms with van der Waals surface area (Å²) in [6.07, 6.45) is 4.88. The zero-order valence-corrected chi connectivity index (χ0v) is 10.6. The summed E-state index contributed by atoms with van der Waals surface area (Å²) >= 11 is 0. The molecular formula is C15H12N4O. The van der Waals surface area contributed by atoms with Crippen LogP contribution in [0.3, 0.4) is 0 Å². The van der Waals surface area contributed by atoms with Crippen molar-refractivity contribution in [1.29, 1.82) is 0 Å². The first-order valence-electron chi connectivity index (χ1n) is 6.09. The number of rotatable bonds is 3. The van der Waals surface area contributed by atoms with Gasteiger partial charge in [-0.15, -0.1) is 0 Å². The van der Waals surface area contributed by atoms with Gasteiger partial charge in [-0.2, -0.15) is 5.10 Å². The Hall–Kier alpha value is -2.95. The number of aromatic nitrogens is 3. The molecule has 2 heterocycles. The molecule has 3 N–H and O–H groups in total. The van der Waals surface area contributed by atoms with Crippen LogP contribution in [0.25, 0.3) is 22.4 Å². The van der Waals surface area contributed by atoms with Gasteiger partial charge in [0.25, 0.3) is 0 Å². The van der Waals surface area contributed by atoms with Crippen LogP contribution in [0.2, 0.25) is 0 Å². The molecule has 0 bridgehead atoms. The predicted octanol–water partition coefficient (Wildman–Crippen LogP) is 2.24. The Morgan fingerprint density at radius 3 is 2.65 bits per heavy atom. The molecule has 3 rings (SSSR count). The largest absolute Gasteiger partial charge is 0.366 e. The number of amides is 1. The summed E-state index contributed by atoms with van der Waals surface area (Å²) in [6.45, 7) is 0. The van der Waals surface area contributed by atoms with Crippen molar-refractivity contribution < 1.29 is 4.79 Å². The van der Waals surface area contributed by atoms with E-state index in [0.29, 0.717) is 5.56 Å². The smallest absolute Gasteiger partial charge is 0.250 e. The SMILES string of the molecule is NC(=O)c1cncc(-c2cccc(-c3ccn[nH]3)c2)c1. The minimum atomic E-state index is -0.482. The van der Waals surface area contributed by atoms with E-state index in [1.807, 2.05) is 30.3 Å². The number of primary amides is 1. The number of nitrogens with zero attached hydrogens (tertiary/aromatic N) is 2. The molecule has 2 aromatic heterocycles. The molecular weight excluding hydrogens is 252 g/mol. The lowest BCUT2D eigenvalue weighted by Gasteiger charge is -2.05. The van der Waals surface area contributed by atoms with Crippen molar-refractivity contribution in [2.45, 2.75) is 0 Å². The van der Waals surface area contributed by atoms with Crippen LogP contribution in [-0.4, -0.2) is 21.1 Å². The lowest BCUT2D eigenvalue weighted by Crippen LogP contribution is -2.11. The van der Waals surface area contributed by atoms with Crippen LogP contribution >= 0.6 is 0 Å². The maximum absolute atomic E-state index is 11.2. The Bertz CT molecular complexity index is 750. The van der Waals surface area contributed by atoms with E-state index in [0.717, 1.165) is 22.4 Å². The highest BCUT2D eigenvalue weighted by Crippen LogP contribution is 2.25. The standard InChI is InChI=1S/C15H12N4O/c16-15(20)13-7-12(8-17-9-13)10-2-1-3-11(6-10)14-4-5-18-19-14/h1-9H,(H2,16,20)(H,18,19). The Labute approximate surface area is 115 Å². The molecule has 1 aromatic carbocycles. The van der Waals surface area contributed by atoms with Crippen LogP contribution in [0, 0.1) is 0 Å². The van der Waals surface area contributed by atoms with Crippen molar-refractivity contribution in [2.24, 2.45) is 5.73 Å². The van der Waals surface area contributed by atoms with Crippen LogP contribution < -0.4 is 5.73 Å². The fraction of sp³-hybridized carbons (Fsp3) is 0. The molecule has 0 atom stereocenters. The lowest BCUT2D eigenvalue weighted by atomic mass is 10.0. The fourth-order valence-electron chi connectivity index (χ4n) is 2.02.